The van der Waals surface area contributed by atoms with Crippen LogP contribution < -0.4 is 24.3 Å². The van der Waals surface area contributed by atoms with Gasteiger partial charge in [0, 0.05) is 126 Å². The largest absolute Gasteiger partial charge is 0.481 e. The third-order valence-corrected chi connectivity index (χ3v) is 20.9. The summed E-state index contributed by atoms with van der Waals surface area (Å²) in [5.41, 5.74) is 11.4. The molecule has 10 rings (SSSR count). The van der Waals surface area contributed by atoms with Gasteiger partial charge in [-0.25, -0.2) is 0 Å². The Balaban J connectivity index is 0.655. The Hall–Kier alpha value is -9.83. The number of fused-ring (bicyclic) bond motifs is 4. The van der Waals surface area contributed by atoms with E-state index in [9.17, 15) is 53.1 Å². The van der Waals surface area contributed by atoms with E-state index in [2.05, 4.69) is 56.9 Å². The number of nitrogens with zero attached hydrogens (tertiary/aromatic N) is 9. The van der Waals surface area contributed by atoms with Crippen molar-refractivity contribution in [2.24, 2.45) is 5.92 Å². The summed E-state index contributed by atoms with van der Waals surface area (Å²) >= 11 is 1.42. The molecule has 0 spiro atoms. The number of thioether (sulfide) groups is 1. The Kier molecular flexibility index (Phi) is 29.2. The monoisotopic (exact) mass is 1490 g/mol. The fourth-order valence-corrected chi connectivity index (χ4v) is 15.4. The molecule has 0 radical (unpaired) electrons. The van der Waals surface area contributed by atoms with Crippen LogP contribution in [0.3, 0.4) is 0 Å². The molecule has 3 aliphatic carbocycles. The van der Waals surface area contributed by atoms with Gasteiger partial charge in [0.2, 0.25) is 17.7 Å². The Labute approximate surface area is 627 Å². The molecule has 572 valence electrons. The average molecular weight is 1490 g/mol. The number of hydrogen-bond donors (Lipinski definition) is 2. The van der Waals surface area contributed by atoms with Gasteiger partial charge in [0.25, 0.3) is 0 Å². The molecule has 4 aromatic carbocycles. The summed E-state index contributed by atoms with van der Waals surface area (Å²) in [5.74, 6) is -2.73. The highest BCUT2D eigenvalue weighted by Gasteiger charge is 2.39. The highest BCUT2D eigenvalue weighted by Crippen LogP contribution is 2.54. The molecule has 6 aromatic rings. The van der Waals surface area contributed by atoms with E-state index in [0.717, 1.165) is 65.6 Å². The number of aromatic nitrogens is 6. The fourth-order valence-electron chi connectivity index (χ4n) is 14.5. The van der Waals surface area contributed by atoms with Gasteiger partial charge < -0.3 is 48.6 Å². The van der Waals surface area contributed by atoms with Gasteiger partial charge in [0.15, 0.2) is 23.0 Å². The van der Waals surface area contributed by atoms with Crippen molar-refractivity contribution in [3.05, 3.63) is 118 Å². The molecule has 28 heteroatoms. The smallest absolute Gasteiger partial charge is 0.311 e. The molecule has 3 amide bonds. The normalized spacial score (nSPS) is 15.1. The van der Waals surface area contributed by atoms with Crippen LogP contribution >= 0.6 is 11.8 Å². The van der Waals surface area contributed by atoms with Gasteiger partial charge in [0.1, 0.15) is 0 Å². The van der Waals surface area contributed by atoms with Crippen molar-refractivity contribution >= 4 is 71.3 Å². The van der Waals surface area contributed by atoms with Crippen molar-refractivity contribution < 1.29 is 81.5 Å². The number of carbonyl (C=O) groups is 10. The Bertz CT molecular complexity index is 4190. The number of ether oxygens (including phenoxy) is 6. The van der Waals surface area contributed by atoms with E-state index in [0.29, 0.717) is 105 Å². The predicted octanol–water partition coefficient (Wildman–Crippen LogP) is 9.52. The first-order chi connectivity index (χ1) is 51.8. The molecule has 107 heavy (non-hydrogen) atoms. The molecule has 3 atom stereocenters. The number of carboxylic acid groups (broad SMARTS) is 1. The van der Waals surface area contributed by atoms with Crippen LogP contribution in [0.5, 0.6) is 23.0 Å². The summed E-state index contributed by atoms with van der Waals surface area (Å²) in [6, 6.07) is 19.6. The zero-order valence-corrected chi connectivity index (χ0v) is 62.7. The lowest BCUT2D eigenvalue weighted by Crippen LogP contribution is -2.44. The first-order valence-electron chi connectivity index (χ1n) is 37.6. The number of aliphatic carboxylic acids is 1. The molecule has 0 fully saturated rings. The van der Waals surface area contributed by atoms with Gasteiger partial charge >= 0.3 is 41.8 Å². The molecular formula is C79H98N10O17S. The SMILES string of the molecule is CCOC(=O)CCC(=O)Oc1ccc2c(c1OC(=O)CCCn1cc(CCCC(=O)N(CCSCCC(=O)O)CCN(CCNC(=O)CCCc3cn(CCCC(=O)Oc4ccc5c(c4OC(=O)CCC(=O)OCC)-c4cccc6c4[C@@H](C5)N(C)CC6)nn3)C(=O)CC)nn1)-c1cccc3c1[C@@H](C2)C(C)CC3. The van der Waals surface area contributed by atoms with E-state index < -0.39 is 41.8 Å². The molecule has 2 N–H and O–H groups in total. The zero-order chi connectivity index (χ0) is 75.9. The van der Waals surface area contributed by atoms with Gasteiger partial charge in [-0.1, -0.05) is 72.8 Å². The molecule has 2 aromatic heterocycles. The molecule has 3 heterocycles. The molecule has 27 nitrogen and oxygen atoms in total. The first-order valence-corrected chi connectivity index (χ1v) is 38.7. The van der Waals surface area contributed by atoms with Crippen LogP contribution in [0.25, 0.3) is 22.3 Å². The van der Waals surface area contributed by atoms with Crippen molar-refractivity contribution in [2.45, 2.75) is 188 Å². The third-order valence-electron chi connectivity index (χ3n) is 20.0. The lowest BCUT2D eigenvalue weighted by molar-refractivity contribution is -0.146. The fraction of sp³-hybridized carbons (Fsp3) is 0.519. The van der Waals surface area contributed by atoms with E-state index in [1.807, 2.05) is 36.4 Å². The van der Waals surface area contributed by atoms with E-state index in [1.54, 1.807) is 64.5 Å². The minimum absolute atomic E-state index is 0.00472. The Morgan fingerprint density at radius 1 is 0.551 bits per heavy atom. The van der Waals surface area contributed by atoms with E-state index in [4.69, 9.17) is 28.4 Å². The minimum atomic E-state index is -0.913. The van der Waals surface area contributed by atoms with Crippen LogP contribution in [0.1, 0.15) is 181 Å². The molecule has 0 bridgehead atoms. The summed E-state index contributed by atoms with van der Waals surface area (Å²) in [6.45, 7) is 10.5. The summed E-state index contributed by atoms with van der Waals surface area (Å²) in [5, 5.41) is 29.3. The number of rotatable bonds is 41. The highest BCUT2D eigenvalue weighted by molar-refractivity contribution is 7.99. The summed E-state index contributed by atoms with van der Waals surface area (Å²) in [4.78, 5) is 135. The number of carbonyl (C=O) groups excluding carboxylic acids is 9. The molecule has 4 aliphatic rings. The second-order valence-corrected chi connectivity index (χ2v) is 28.7. The number of amides is 3. The van der Waals surface area contributed by atoms with E-state index in [-0.39, 0.29) is 150 Å². The van der Waals surface area contributed by atoms with Gasteiger partial charge in [-0.3, -0.25) is 62.2 Å². The molecular weight excluding hydrogens is 1390 g/mol. The predicted molar refractivity (Wildman–Crippen MR) is 395 cm³/mol. The van der Waals surface area contributed by atoms with Crippen molar-refractivity contribution in [3.63, 3.8) is 0 Å². The second-order valence-electron chi connectivity index (χ2n) is 27.5. The van der Waals surface area contributed by atoms with Crippen molar-refractivity contribution in [1.82, 2.24) is 50.0 Å². The van der Waals surface area contributed by atoms with Gasteiger partial charge in [0.05, 0.1) is 56.7 Å². The Morgan fingerprint density at radius 2 is 1.08 bits per heavy atom. The third kappa shape index (κ3) is 21.9. The highest BCUT2D eigenvalue weighted by atomic mass is 32.2. The minimum Gasteiger partial charge on any atom is -0.481 e. The van der Waals surface area contributed by atoms with Gasteiger partial charge in [-0.15, -0.1) is 10.2 Å². The standard InChI is InChI=1S/C79H98N10O17S/c1-6-65(91)86(41-37-80-64(90)21-11-17-56-49-88(83-81-56)38-13-23-70(97)103-62-30-28-55-48-61-75-53(35-40-85(61)5)16-10-20-59(75)77(55)79(62)106-73(100)34-32-69(96)102-8-3)42-43-87(44-46-107-45-36-67(93)94)66(92)22-12-18-57-50-89(84-82-57)39-14-24-71(98)105-78-63(104-72(99)33-31-68(95)101-7-2)29-27-54-47-60-51(4)25-26-52-15-9-19-58(74(52)60)76(54)78/h9-10,15-16,19-20,27-30,49-51,60-61H,6-8,11-14,17-18,21-26,31-48H2,1-5H3,(H,80,90)(H,93,94)/t51?,60-,61+/m0/s1. The van der Waals surface area contributed by atoms with Gasteiger partial charge in [-0.05, 0) is 160 Å². The molecule has 0 saturated heterocycles. The quantitative estimate of drug-likeness (QED) is 0.0205. The van der Waals surface area contributed by atoms with E-state index >= 15 is 0 Å². The second kappa shape index (κ2) is 39.1. The van der Waals surface area contributed by atoms with Crippen LogP contribution in [-0.4, -0.2) is 180 Å². The van der Waals surface area contributed by atoms with E-state index in [1.165, 1.54) is 28.5 Å². The first kappa shape index (κ1) is 79.7. The van der Waals surface area contributed by atoms with Crippen LogP contribution in [-0.2, 0) is 109 Å². The number of benzene rings is 4. The number of aryl methyl sites for hydroxylation is 5. The number of hydrogen-bond acceptors (Lipinski definition) is 22. The summed E-state index contributed by atoms with van der Waals surface area (Å²) < 4.78 is 37.2. The molecule has 1 unspecified atom stereocenters. The van der Waals surface area contributed by atoms with Gasteiger partial charge in [-0.2, -0.15) is 11.8 Å². The van der Waals surface area contributed by atoms with Crippen LogP contribution in [0.2, 0.25) is 0 Å². The van der Waals surface area contributed by atoms with Crippen molar-refractivity contribution in [1.29, 1.82) is 0 Å². The summed E-state index contributed by atoms with van der Waals surface area (Å²) in [6.07, 6.45) is 10.1. The maximum Gasteiger partial charge on any atom is 0.311 e. The maximum atomic E-state index is 13.9. The van der Waals surface area contributed by atoms with Crippen molar-refractivity contribution in [3.8, 4) is 45.3 Å². The average Bonchev–Trinajstić information content (AvgIpc) is 1.22. The van der Waals surface area contributed by atoms with Crippen LogP contribution in [0.15, 0.2) is 73.1 Å². The number of likely N-dealkylation sites (N-methyl/N-ethyl adjacent to an activating group) is 1. The molecule has 0 saturated carbocycles. The number of nitrogens with one attached hydrogen (secondary N) is 1. The van der Waals surface area contributed by atoms with Crippen molar-refractivity contribution in [2.75, 3.05) is 71.0 Å². The number of carboxylic acids is 1. The van der Waals surface area contributed by atoms with Crippen LogP contribution in [0, 0.1) is 5.92 Å². The summed E-state index contributed by atoms with van der Waals surface area (Å²) in [7, 11) is 2.10. The topological polar surface area (TPSA) is 329 Å². The maximum absolute atomic E-state index is 13.9. The van der Waals surface area contributed by atoms with Crippen LogP contribution in [0.4, 0.5) is 0 Å². The Morgan fingerprint density at radius 3 is 1.67 bits per heavy atom. The zero-order valence-electron chi connectivity index (χ0n) is 61.9. The lowest BCUT2D eigenvalue weighted by Gasteiger charge is -2.40. The molecule has 1 aliphatic heterocycles. The lowest BCUT2D eigenvalue weighted by atomic mass is 9.67. The number of esters is 6.